The average molecular weight is 566 g/mol. The second-order valence-corrected chi connectivity index (χ2v) is 8.75. The van der Waals surface area contributed by atoms with Crippen LogP contribution in [0.5, 0.6) is 0 Å². The van der Waals surface area contributed by atoms with E-state index in [1.54, 1.807) is 26.1 Å². The Morgan fingerprint density at radius 1 is 1.17 bits per heavy atom. The molecule has 0 fully saturated rings. The molecule has 1 atom stereocenters. The van der Waals surface area contributed by atoms with E-state index in [1.807, 2.05) is 6.92 Å². The lowest BCUT2D eigenvalue weighted by atomic mass is 10.1. The normalized spacial score (nSPS) is 11.5. The summed E-state index contributed by atoms with van der Waals surface area (Å²) in [6.07, 6.45) is 1.47. The molecular weight excluding hydrogens is 538 g/mol. The number of aromatic nitrogens is 4. The van der Waals surface area contributed by atoms with Gasteiger partial charge in [-0.1, -0.05) is 11.2 Å². The van der Waals surface area contributed by atoms with E-state index in [4.69, 9.17) is 9.26 Å². The molecule has 15 nitrogen and oxygen atoms in total. The number of aliphatic hydroxyl groups excluding tert-OH is 1. The Labute approximate surface area is 233 Å². The predicted octanol–water partition coefficient (Wildman–Crippen LogP) is 2.49. The van der Waals surface area contributed by atoms with Crippen molar-refractivity contribution in [3.8, 4) is 0 Å². The van der Waals surface area contributed by atoms with Crippen molar-refractivity contribution in [1.29, 1.82) is 0 Å². The van der Waals surface area contributed by atoms with E-state index in [1.165, 1.54) is 36.0 Å². The van der Waals surface area contributed by atoms with Gasteiger partial charge in [-0.3, -0.25) is 9.59 Å². The van der Waals surface area contributed by atoms with Crippen molar-refractivity contribution in [1.82, 2.24) is 25.1 Å². The third kappa shape index (κ3) is 6.14. The molecule has 3 heterocycles. The van der Waals surface area contributed by atoms with Crippen LogP contribution in [0.3, 0.4) is 0 Å². The molecule has 0 saturated carbocycles. The minimum absolute atomic E-state index is 0.0687. The first kappa shape index (κ1) is 28.7. The Kier molecular flexibility index (Phi) is 8.57. The van der Waals surface area contributed by atoms with Crippen molar-refractivity contribution in [2.45, 2.75) is 33.8 Å². The number of imide groups is 1. The maximum atomic E-state index is 13.5. The molecule has 0 radical (unpaired) electrons. The van der Waals surface area contributed by atoms with Gasteiger partial charge in [0.15, 0.2) is 11.6 Å². The van der Waals surface area contributed by atoms with Gasteiger partial charge in [-0.15, -0.1) is 0 Å². The van der Waals surface area contributed by atoms with Crippen LogP contribution in [0.1, 0.15) is 45.7 Å². The Morgan fingerprint density at radius 3 is 2.63 bits per heavy atom. The van der Waals surface area contributed by atoms with E-state index in [0.29, 0.717) is 39.6 Å². The van der Waals surface area contributed by atoms with Crippen LogP contribution in [0.4, 0.5) is 22.1 Å². The number of amides is 3. The van der Waals surface area contributed by atoms with Gasteiger partial charge in [0.25, 0.3) is 11.8 Å². The second kappa shape index (κ2) is 12.3. The van der Waals surface area contributed by atoms with Crippen LogP contribution in [-0.2, 0) is 14.3 Å². The molecule has 1 unspecified atom stereocenters. The molecule has 4 rings (SSSR count). The van der Waals surface area contributed by atoms with E-state index in [0.717, 1.165) is 11.8 Å². The van der Waals surface area contributed by atoms with Gasteiger partial charge in [0.2, 0.25) is 6.79 Å². The van der Waals surface area contributed by atoms with E-state index < -0.39 is 30.9 Å². The average Bonchev–Trinajstić information content (AvgIpc) is 3.58. The summed E-state index contributed by atoms with van der Waals surface area (Å²) in [5.74, 6) is -1.86. The molecule has 1 aromatic carbocycles. The maximum Gasteiger partial charge on any atom is 0.425 e. The monoisotopic (exact) mass is 565 g/mol. The van der Waals surface area contributed by atoms with Crippen molar-refractivity contribution >= 4 is 46.7 Å². The maximum absolute atomic E-state index is 13.5. The zero-order chi connectivity index (χ0) is 29.7. The number of hydrogen-bond donors (Lipinski definition) is 3. The summed E-state index contributed by atoms with van der Waals surface area (Å²) >= 11 is 0. The summed E-state index contributed by atoms with van der Waals surface area (Å²) in [6.45, 7) is 6.21. The Morgan fingerprint density at radius 2 is 1.95 bits per heavy atom. The number of fused-ring (bicyclic) bond motifs is 1. The Hall–Kier alpha value is -5.31. The van der Waals surface area contributed by atoms with Gasteiger partial charge in [-0.05, 0) is 51.0 Å². The van der Waals surface area contributed by atoms with Crippen molar-refractivity contribution in [2.75, 3.05) is 23.6 Å². The van der Waals surface area contributed by atoms with Crippen molar-refractivity contribution in [2.24, 2.45) is 0 Å². The van der Waals surface area contributed by atoms with Gasteiger partial charge in [-0.2, -0.15) is 10.00 Å². The third-order valence-corrected chi connectivity index (χ3v) is 5.91. The van der Waals surface area contributed by atoms with Gasteiger partial charge in [0, 0.05) is 30.1 Å². The van der Waals surface area contributed by atoms with Crippen LogP contribution >= 0.6 is 0 Å². The highest BCUT2D eigenvalue weighted by molar-refractivity contribution is 6.19. The molecule has 0 spiro atoms. The fourth-order valence-corrected chi connectivity index (χ4v) is 3.81. The van der Waals surface area contributed by atoms with Gasteiger partial charge < -0.3 is 29.7 Å². The Bertz CT molecular complexity index is 1600. The van der Waals surface area contributed by atoms with Crippen molar-refractivity contribution in [3.63, 3.8) is 0 Å². The summed E-state index contributed by atoms with van der Waals surface area (Å²) < 4.78 is 15.9. The number of ether oxygens (including phenoxy) is 2. The summed E-state index contributed by atoms with van der Waals surface area (Å²) in [7, 11) is 0. The zero-order valence-electron chi connectivity index (χ0n) is 22.6. The minimum Gasteiger partial charge on any atom is -0.426 e. The molecule has 3 amide bonds. The SMILES string of the molecule is CCNC(=O)c1cn2ncnc(Nc3cc(C(=O)N(C(=O)OCOC(=O)C(C)O)c4ccon4)ccc3C)c2c1C. The number of anilines is 3. The first-order valence-corrected chi connectivity index (χ1v) is 12.4. The summed E-state index contributed by atoms with van der Waals surface area (Å²) in [6, 6.07) is 5.94. The molecule has 214 valence electrons. The van der Waals surface area contributed by atoms with E-state index in [2.05, 4.69) is 30.6 Å². The molecule has 41 heavy (non-hydrogen) atoms. The molecular formula is C26H27N7O8. The van der Waals surface area contributed by atoms with Gasteiger partial charge in [0.1, 0.15) is 24.2 Å². The van der Waals surface area contributed by atoms with Gasteiger partial charge >= 0.3 is 12.1 Å². The number of hydrogen-bond acceptors (Lipinski definition) is 12. The number of aliphatic hydroxyl groups is 1. The van der Waals surface area contributed by atoms with Gasteiger partial charge in [0.05, 0.1) is 5.56 Å². The van der Waals surface area contributed by atoms with Crippen LogP contribution in [0.25, 0.3) is 5.52 Å². The number of nitrogens with one attached hydrogen (secondary N) is 2. The number of carbonyl (C=O) groups excluding carboxylic acids is 4. The number of aryl methyl sites for hydroxylation is 2. The fourth-order valence-electron chi connectivity index (χ4n) is 3.81. The van der Waals surface area contributed by atoms with E-state index >= 15 is 0 Å². The third-order valence-electron chi connectivity index (χ3n) is 5.91. The topological polar surface area (TPSA) is 190 Å². The first-order chi connectivity index (χ1) is 19.6. The van der Waals surface area contributed by atoms with Crippen LogP contribution in [0.15, 0.2) is 47.6 Å². The summed E-state index contributed by atoms with van der Waals surface area (Å²) in [5.41, 5.74) is 2.95. The lowest BCUT2D eigenvalue weighted by molar-refractivity contribution is -0.160. The molecule has 0 aliphatic rings. The van der Waals surface area contributed by atoms with E-state index in [9.17, 15) is 24.3 Å². The summed E-state index contributed by atoms with van der Waals surface area (Å²) in [4.78, 5) is 55.2. The summed E-state index contributed by atoms with van der Waals surface area (Å²) in [5, 5.41) is 23.0. The highest BCUT2D eigenvalue weighted by atomic mass is 16.7. The molecule has 0 saturated heterocycles. The highest BCUT2D eigenvalue weighted by Gasteiger charge is 2.29. The van der Waals surface area contributed by atoms with Crippen molar-refractivity contribution in [3.05, 3.63) is 65.3 Å². The molecule has 3 N–H and O–H groups in total. The Balaban J connectivity index is 1.63. The molecule has 15 heteroatoms. The van der Waals surface area contributed by atoms with Crippen LogP contribution < -0.4 is 15.5 Å². The second-order valence-electron chi connectivity index (χ2n) is 8.75. The minimum atomic E-state index is -1.42. The standard InChI is InChI=1S/C26H27N7O8/c1-5-27-23(35)18-11-32-21(15(18)3)22(28-12-29-32)30-19-10-17(7-6-14(19)2)24(36)33(20-8-9-41-31-20)26(38)40-13-39-25(37)16(4)34/h6-12,16,34H,5,13H2,1-4H3,(H,27,35)(H,28,29,30). The number of carbonyl (C=O) groups is 4. The lowest BCUT2D eigenvalue weighted by Crippen LogP contribution is -2.38. The fraction of sp³-hybridized carbons (Fsp3) is 0.269. The number of esters is 1. The van der Waals surface area contributed by atoms with Crippen LogP contribution in [0.2, 0.25) is 0 Å². The number of nitrogens with zero attached hydrogens (tertiary/aromatic N) is 5. The largest absolute Gasteiger partial charge is 0.426 e. The predicted molar refractivity (Wildman–Crippen MR) is 143 cm³/mol. The van der Waals surface area contributed by atoms with E-state index in [-0.39, 0.29) is 17.3 Å². The molecule has 0 bridgehead atoms. The number of rotatable bonds is 9. The smallest absolute Gasteiger partial charge is 0.425 e. The number of benzene rings is 1. The molecule has 4 aromatic rings. The van der Waals surface area contributed by atoms with Crippen LogP contribution in [-0.4, -0.2) is 68.2 Å². The van der Waals surface area contributed by atoms with Crippen molar-refractivity contribution < 1.29 is 38.3 Å². The zero-order valence-corrected chi connectivity index (χ0v) is 22.6. The molecule has 3 aromatic heterocycles. The highest BCUT2D eigenvalue weighted by Crippen LogP contribution is 2.28. The first-order valence-electron chi connectivity index (χ1n) is 12.4. The molecule has 0 aliphatic heterocycles. The van der Waals surface area contributed by atoms with Crippen LogP contribution in [0, 0.1) is 13.8 Å². The quantitative estimate of drug-likeness (QED) is 0.199. The van der Waals surface area contributed by atoms with Gasteiger partial charge in [-0.25, -0.2) is 19.1 Å². The lowest BCUT2D eigenvalue weighted by Gasteiger charge is -2.19. The molecule has 0 aliphatic carbocycles.